The fourth-order valence-corrected chi connectivity index (χ4v) is 5.40. The van der Waals surface area contributed by atoms with Crippen LogP contribution in [-0.4, -0.2) is 71.4 Å². The SMILES string of the molecule is CN1CCN(c2ccc3n[nH]c(S(=O)(=O)c4ccc(S(C)(=O)=O)cc4)c3c2)CC1. The van der Waals surface area contributed by atoms with Crippen LogP contribution in [0.25, 0.3) is 10.9 Å². The Morgan fingerprint density at radius 1 is 0.897 bits per heavy atom. The maximum atomic E-state index is 13.2. The van der Waals surface area contributed by atoms with Gasteiger partial charge in [0, 0.05) is 43.5 Å². The zero-order valence-electron chi connectivity index (χ0n) is 16.2. The van der Waals surface area contributed by atoms with Gasteiger partial charge in [0.15, 0.2) is 14.9 Å². The van der Waals surface area contributed by atoms with Gasteiger partial charge in [0.1, 0.15) is 0 Å². The minimum Gasteiger partial charge on any atom is -0.369 e. The van der Waals surface area contributed by atoms with Gasteiger partial charge in [-0.15, -0.1) is 0 Å². The van der Waals surface area contributed by atoms with E-state index < -0.39 is 19.7 Å². The van der Waals surface area contributed by atoms with Gasteiger partial charge in [0.05, 0.1) is 15.3 Å². The van der Waals surface area contributed by atoms with Crippen LogP contribution in [0.3, 0.4) is 0 Å². The van der Waals surface area contributed by atoms with Crippen molar-refractivity contribution in [3.8, 4) is 0 Å². The number of likely N-dealkylation sites (N-methyl/N-ethyl adjacent to an activating group) is 1. The lowest BCUT2D eigenvalue weighted by Crippen LogP contribution is -2.44. The molecular weight excluding hydrogens is 412 g/mol. The number of hydrogen-bond donors (Lipinski definition) is 1. The second kappa shape index (κ2) is 7.12. The van der Waals surface area contributed by atoms with E-state index in [1.807, 2.05) is 18.2 Å². The Balaban J connectivity index is 1.74. The molecule has 2 aromatic carbocycles. The van der Waals surface area contributed by atoms with E-state index in [0.717, 1.165) is 38.1 Å². The van der Waals surface area contributed by atoms with Gasteiger partial charge in [0.2, 0.25) is 9.84 Å². The van der Waals surface area contributed by atoms with Gasteiger partial charge in [0.25, 0.3) is 0 Å². The molecule has 0 bridgehead atoms. The van der Waals surface area contributed by atoms with Crippen molar-refractivity contribution < 1.29 is 16.8 Å². The Kier molecular flexibility index (Phi) is 4.88. The summed E-state index contributed by atoms with van der Waals surface area (Å²) in [6.45, 7) is 3.63. The summed E-state index contributed by atoms with van der Waals surface area (Å²) in [7, 11) is -5.20. The van der Waals surface area contributed by atoms with E-state index in [1.54, 1.807) is 0 Å². The normalized spacial score (nSPS) is 16.4. The van der Waals surface area contributed by atoms with E-state index >= 15 is 0 Å². The standard InChI is InChI=1S/C19H22N4O4S2/c1-22-9-11-23(12-10-22)14-3-8-18-17(13-14)19(21-20-18)29(26,27)16-6-4-15(5-7-16)28(2,24)25/h3-8,13H,9-12H2,1-2H3,(H,20,21). The Bertz CT molecular complexity index is 1260. The third kappa shape index (κ3) is 3.75. The molecule has 8 nitrogen and oxygen atoms in total. The number of sulfone groups is 2. The number of H-pyrrole nitrogens is 1. The smallest absolute Gasteiger partial charge is 0.223 e. The van der Waals surface area contributed by atoms with Crippen LogP contribution in [0.5, 0.6) is 0 Å². The molecule has 0 radical (unpaired) electrons. The van der Waals surface area contributed by atoms with E-state index in [1.165, 1.54) is 24.3 Å². The summed E-state index contributed by atoms with van der Waals surface area (Å²) < 4.78 is 49.6. The van der Waals surface area contributed by atoms with Gasteiger partial charge in [-0.3, -0.25) is 5.10 Å². The Morgan fingerprint density at radius 3 is 2.14 bits per heavy atom. The predicted octanol–water partition coefficient (Wildman–Crippen LogP) is 1.55. The van der Waals surface area contributed by atoms with Crippen LogP contribution >= 0.6 is 0 Å². The molecule has 3 aromatic rings. The van der Waals surface area contributed by atoms with Crippen LogP contribution < -0.4 is 4.90 Å². The largest absolute Gasteiger partial charge is 0.369 e. The van der Waals surface area contributed by atoms with Crippen molar-refractivity contribution in [2.75, 3.05) is 44.4 Å². The number of nitrogens with one attached hydrogen (secondary N) is 1. The maximum absolute atomic E-state index is 13.2. The first-order valence-electron chi connectivity index (χ1n) is 9.13. The van der Waals surface area contributed by atoms with Crippen molar-refractivity contribution >= 4 is 36.3 Å². The molecule has 1 fully saturated rings. The first-order valence-corrected chi connectivity index (χ1v) is 12.5. The highest BCUT2D eigenvalue weighted by atomic mass is 32.2. The number of aromatic nitrogens is 2. The summed E-state index contributed by atoms with van der Waals surface area (Å²) in [5.41, 5.74) is 1.52. The number of hydrogen-bond acceptors (Lipinski definition) is 7. The molecule has 1 saturated heterocycles. The lowest BCUT2D eigenvalue weighted by Gasteiger charge is -2.34. The summed E-state index contributed by atoms with van der Waals surface area (Å²) in [6, 6.07) is 10.8. The molecule has 0 amide bonds. The van der Waals surface area contributed by atoms with Gasteiger partial charge in [-0.1, -0.05) is 0 Å². The number of benzene rings is 2. The highest BCUT2D eigenvalue weighted by Crippen LogP contribution is 2.30. The van der Waals surface area contributed by atoms with Gasteiger partial charge < -0.3 is 9.80 Å². The van der Waals surface area contributed by atoms with Crippen molar-refractivity contribution in [3.63, 3.8) is 0 Å². The van der Waals surface area contributed by atoms with Crippen molar-refractivity contribution in [2.24, 2.45) is 0 Å². The zero-order valence-corrected chi connectivity index (χ0v) is 17.8. The van der Waals surface area contributed by atoms with Crippen LogP contribution in [0, 0.1) is 0 Å². The molecule has 154 valence electrons. The molecule has 10 heteroatoms. The van der Waals surface area contributed by atoms with Gasteiger partial charge in [-0.25, -0.2) is 16.8 Å². The molecule has 4 rings (SSSR count). The number of piperazine rings is 1. The summed E-state index contributed by atoms with van der Waals surface area (Å²) in [4.78, 5) is 4.57. The molecule has 29 heavy (non-hydrogen) atoms. The molecule has 1 aliphatic rings. The Morgan fingerprint density at radius 2 is 1.52 bits per heavy atom. The van der Waals surface area contributed by atoms with E-state index in [2.05, 4.69) is 27.0 Å². The molecule has 1 aliphatic heterocycles. The lowest BCUT2D eigenvalue weighted by molar-refractivity contribution is 0.313. The maximum Gasteiger partial charge on any atom is 0.223 e. The minimum absolute atomic E-state index is 0.00980. The predicted molar refractivity (Wildman–Crippen MR) is 111 cm³/mol. The van der Waals surface area contributed by atoms with E-state index in [0.29, 0.717) is 10.9 Å². The van der Waals surface area contributed by atoms with Crippen LogP contribution in [0.15, 0.2) is 57.3 Å². The van der Waals surface area contributed by atoms with Gasteiger partial charge in [-0.2, -0.15) is 5.10 Å². The third-order valence-electron chi connectivity index (χ3n) is 5.20. The van der Waals surface area contributed by atoms with Crippen LogP contribution in [0.4, 0.5) is 5.69 Å². The Labute approximate surface area is 170 Å². The molecule has 0 saturated carbocycles. The molecule has 0 unspecified atom stereocenters. The number of rotatable bonds is 4. The van der Waals surface area contributed by atoms with Crippen molar-refractivity contribution in [1.29, 1.82) is 0 Å². The van der Waals surface area contributed by atoms with Crippen LogP contribution in [0.1, 0.15) is 0 Å². The summed E-state index contributed by atoms with van der Waals surface area (Å²) in [6.07, 6.45) is 1.08. The van der Waals surface area contributed by atoms with Crippen molar-refractivity contribution in [1.82, 2.24) is 15.1 Å². The summed E-state index contributed by atoms with van der Waals surface area (Å²) in [5, 5.41) is 7.32. The highest BCUT2D eigenvalue weighted by Gasteiger charge is 2.24. The minimum atomic E-state index is -3.88. The molecule has 0 atom stereocenters. The zero-order chi connectivity index (χ0) is 20.8. The molecular formula is C19H22N4O4S2. The second-order valence-corrected chi connectivity index (χ2v) is 11.2. The summed E-state index contributed by atoms with van der Waals surface area (Å²) >= 11 is 0. The van der Waals surface area contributed by atoms with Gasteiger partial charge in [-0.05, 0) is 49.5 Å². The second-order valence-electron chi connectivity index (χ2n) is 7.29. The average molecular weight is 435 g/mol. The fraction of sp³-hybridized carbons (Fsp3) is 0.316. The van der Waals surface area contributed by atoms with Crippen molar-refractivity contribution in [2.45, 2.75) is 14.8 Å². The van der Waals surface area contributed by atoms with Gasteiger partial charge >= 0.3 is 0 Å². The van der Waals surface area contributed by atoms with Crippen molar-refractivity contribution in [3.05, 3.63) is 42.5 Å². The van der Waals surface area contributed by atoms with E-state index in [4.69, 9.17) is 0 Å². The first-order chi connectivity index (χ1) is 13.7. The average Bonchev–Trinajstić information content (AvgIpc) is 3.12. The number of nitrogens with zero attached hydrogens (tertiary/aromatic N) is 3. The monoisotopic (exact) mass is 434 g/mol. The number of anilines is 1. The number of fused-ring (bicyclic) bond motifs is 1. The number of aromatic amines is 1. The topological polar surface area (TPSA) is 103 Å². The third-order valence-corrected chi connectivity index (χ3v) is 8.07. The van der Waals surface area contributed by atoms with E-state index in [-0.39, 0.29) is 14.8 Å². The first kappa shape index (κ1) is 19.9. The van der Waals surface area contributed by atoms with E-state index in [9.17, 15) is 16.8 Å². The quantitative estimate of drug-likeness (QED) is 0.664. The van der Waals surface area contributed by atoms with Crippen LogP contribution in [-0.2, 0) is 19.7 Å². The summed E-state index contributed by atoms with van der Waals surface area (Å²) in [5.74, 6) is 0. The lowest BCUT2D eigenvalue weighted by atomic mass is 10.2. The molecule has 2 heterocycles. The fourth-order valence-electron chi connectivity index (χ4n) is 3.42. The molecule has 1 aromatic heterocycles. The molecule has 1 N–H and O–H groups in total. The Hall–Kier alpha value is -2.43. The highest BCUT2D eigenvalue weighted by molar-refractivity contribution is 7.91. The molecule has 0 aliphatic carbocycles. The molecule has 0 spiro atoms. The van der Waals surface area contributed by atoms with Crippen LogP contribution in [0.2, 0.25) is 0 Å².